The van der Waals surface area contributed by atoms with Crippen molar-refractivity contribution in [3.8, 4) is 0 Å². The topological polar surface area (TPSA) is 53.8 Å². The Bertz CT molecular complexity index is 772. The number of aryl methyl sites for hydroxylation is 2. The number of nitrogens with zero attached hydrogens (tertiary/aromatic N) is 2. The average Bonchev–Trinajstić information content (AvgIpc) is 3.08. The second-order valence-electron chi connectivity index (χ2n) is 6.74. The van der Waals surface area contributed by atoms with E-state index in [1.165, 1.54) is 0 Å². The van der Waals surface area contributed by atoms with E-state index in [9.17, 15) is 9.59 Å². The molecule has 0 atom stereocenters. The lowest BCUT2D eigenvalue weighted by Gasteiger charge is -2.20. The van der Waals surface area contributed by atoms with Crippen LogP contribution in [0.4, 0.5) is 0 Å². The third-order valence-electron chi connectivity index (χ3n) is 4.50. The maximum atomic E-state index is 12.4. The van der Waals surface area contributed by atoms with Crippen molar-refractivity contribution in [2.75, 3.05) is 27.2 Å². The first-order chi connectivity index (χ1) is 12.9. The molecule has 1 aromatic heterocycles. The van der Waals surface area contributed by atoms with Crippen LogP contribution in [0.1, 0.15) is 41.1 Å². The van der Waals surface area contributed by atoms with Crippen LogP contribution in [0.2, 0.25) is 5.02 Å². The number of rotatable bonds is 9. The summed E-state index contributed by atoms with van der Waals surface area (Å²) in [6.07, 6.45) is 2.71. The predicted octanol–water partition coefficient (Wildman–Crippen LogP) is 4.18. The van der Waals surface area contributed by atoms with Gasteiger partial charge in [-0.25, -0.2) is 0 Å². The van der Waals surface area contributed by atoms with Crippen molar-refractivity contribution >= 4 is 23.4 Å². The summed E-state index contributed by atoms with van der Waals surface area (Å²) in [7, 11) is 3.58. The molecule has 2 aromatic rings. The highest BCUT2D eigenvalue weighted by atomic mass is 35.5. The Morgan fingerprint density at radius 2 is 1.67 bits per heavy atom. The van der Waals surface area contributed by atoms with Gasteiger partial charge >= 0.3 is 0 Å². The number of carbonyl (C=O) groups is 2. The molecule has 2 rings (SSSR count). The smallest absolute Gasteiger partial charge is 0.255 e. The molecule has 0 spiro atoms. The van der Waals surface area contributed by atoms with Gasteiger partial charge in [0.15, 0.2) is 0 Å². The van der Waals surface area contributed by atoms with Crippen LogP contribution in [0.15, 0.2) is 40.8 Å². The molecule has 0 bridgehead atoms. The minimum Gasteiger partial charge on any atom is -0.466 e. The first-order valence-corrected chi connectivity index (χ1v) is 9.55. The quantitative estimate of drug-likeness (QED) is 0.603. The number of halogens is 1. The fraction of sp³-hybridized carbons (Fsp3) is 0.429. The molecule has 0 unspecified atom stereocenters. The molecule has 1 heterocycles. The third-order valence-corrected chi connectivity index (χ3v) is 4.82. The van der Waals surface area contributed by atoms with Crippen LogP contribution in [-0.2, 0) is 11.2 Å². The molecule has 2 amide bonds. The van der Waals surface area contributed by atoms with Crippen molar-refractivity contribution < 1.29 is 14.0 Å². The van der Waals surface area contributed by atoms with Crippen LogP contribution < -0.4 is 0 Å². The van der Waals surface area contributed by atoms with Gasteiger partial charge < -0.3 is 14.2 Å². The Morgan fingerprint density at radius 3 is 2.30 bits per heavy atom. The molecule has 0 N–H and O–H groups in total. The second kappa shape index (κ2) is 10.2. The molecule has 0 aliphatic rings. The number of furan rings is 1. The maximum absolute atomic E-state index is 12.4. The van der Waals surface area contributed by atoms with Crippen molar-refractivity contribution in [3.05, 3.63) is 58.5 Å². The first-order valence-electron chi connectivity index (χ1n) is 9.17. The largest absolute Gasteiger partial charge is 0.466 e. The zero-order valence-corrected chi connectivity index (χ0v) is 17.0. The van der Waals surface area contributed by atoms with Gasteiger partial charge in [0.1, 0.15) is 11.5 Å². The standard InChI is InChI=1S/C21H27ClN2O3/c1-16-10-11-17(27-16)12-13-20(25)23(2)14-6-7-15-24(3)21(26)18-8-4-5-9-19(18)22/h4-5,8-11H,6-7,12-15H2,1-3H3. The number of benzene rings is 1. The highest BCUT2D eigenvalue weighted by molar-refractivity contribution is 6.33. The Hall–Kier alpha value is -2.27. The van der Waals surface area contributed by atoms with Crippen molar-refractivity contribution in [2.24, 2.45) is 0 Å². The van der Waals surface area contributed by atoms with Gasteiger partial charge in [-0.05, 0) is 44.0 Å². The summed E-state index contributed by atoms with van der Waals surface area (Å²) >= 11 is 6.08. The molecule has 27 heavy (non-hydrogen) atoms. The van der Waals surface area contributed by atoms with Crippen LogP contribution in [0.5, 0.6) is 0 Å². The van der Waals surface area contributed by atoms with E-state index in [4.69, 9.17) is 16.0 Å². The normalized spacial score (nSPS) is 10.7. The lowest BCUT2D eigenvalue weighted by atomic mass is 10.2. The van der Waals surface area contributed by atoms with Crippen molar-refractivity contribution in [1.29, 1.82) is 0 Å². The number of hydrogen-bond acceptors (Lipinski definition) is 3. The van der Waals surface area contributed by atoms with Gasteiger partial charge in [-0.3, -0.25) is 9.59 Å². The Kier molecular flexibility index (Phi) is 7.92. The van der Waals surface area contributed by atoms with E-state index >= 15 is 0 Å². The van der Waals surface area contributed by atoms with Crippen molar-refractivity contribution in [1.82, 2.24) is 9.80 Å². The second-order valence-corrected chi connectivity index (χ2v) is 7.15. The molecule has 1 aromatic carbocycles. The van der Waals surface area contributed by atoms with E-state index in [1.807, 2.05) is 26.1 Å². The molecule has 146 valence electrons. The first kappa shape index (κ1) is 21.0. The fourth-order valence-corrected chi connectivity index (χ4v) is 3.02. The molecule has 0 saturated heterocycles. The number of carbonyl (C=O) groups excluding carboxylic acids is 2. The maximum Gasteiger partial charge on any atom is 0.255 e. The molecule has 0 aliphatic carbocycles. The van der Waals surface area contributed by atoms with E-state index in [1.54, 1.807) is 41.1 Å². The zero-order valence-electron chi connectivity index (χ0n) is 16.2. The highest BCUT2D eigenvalue weighted by Crippen LogP contribution is 2.17. The predicted molar refractivity (Wildman–Crippen MR) is 107 cm³/mol. The third kappa shape index (κ3) is 6.43. The van der Waals surface area contributed by atoms with Gasteiger partial charge in [0.25, 0.3) is 5.91 Å². The summed E-state index contributed by atoms with van der Waals surface area (Å²) in [5, 5.41) is 0.464. The Labute approximate surface area is 165 Å². The summed E-state index contributed by atoms with van der Waals surface area (Å²) in [4.78, 5) is 28.0. The molecule has 0 fully saturated rings. The van der Waals surface area contributed by atoms with E-state index < -0.39 is 0 Å². The lowest BCUT2D eigenvalue weighted by molar-refractivity contribution is -0.130. The Morgan fingerprint density at radius 1 is 1.00 bits per heavy atom. The molecular weight excluding hydrogens is 364 g/mol. The van der Waals surface area contributed by atoms with Gasteiger partial charge in [-0.2, -0.15) is 0 Å². The van der Waals surface area contributed by atoms with Gasteiger partial charge in [-0.1, -0.05) is 23.7 Å². The molecule has 5 nitrogen and oxygen atoms in total. The van der Waals surface area contributed by atoms with Gasteiger partial charge in [-0.15, -0.1) is 0 Å². The van der Waals surface area contributed by atoms with Crippen LogP contribution in [-0.4, -0.2) is 48.8 Å². The van der Waals surface area contributed by atoms with Gasteiger partial charge in [0, 0.05) is 40.0 Å². The van der Waals surface area contributed by atoms with Crippen LogP contribution in [0.25, 0.3) is 0 Å². The van der Waals surface area contributed by atoms with Crippen molar-refractivity contribution in [3.63, 3.8) is 0 Å². The summed E-state index contributed by atoms with van der Waals surface area (Å²) in [6, 6.07) is 10.9. The van der Waals surface area contributed by atoms with Gasteiger partial charge in [0.05, 0.1) is 10.6 Å². The van der Waals surface area contributed by atoms with E-state index in [2.05, 4.69) is 0 Å². The molecule has 0 saturated carbocycles. The summed E-state index contributed by atoms with van der Waals surface area (Å²) in [5.41, 5.74) is 0.516. The minimum atomic E-state index is -0.0845. The molecule has 0 aliphatic heterocycles. The van der Waals surface area contributed by atoms with Crippen molar-refractivity contribution in [2.45, 2.75) is 32.6 Å². The summed E-state index contributed by atoms with van der Waals surface area (Å²) in [6.45, 7) is 3.19. The number of amides is 2. The summed E-state index contributed by atoms with van der Waals surface area (Å²) < 4.78 is 5.49. The van der Waals surface area contributed by atoms with E-state index in [0.29, 0.717) is 36.5 Å². The molecule has 0 radical (unpaired) electrons. The lowest BCUT2D eigenvalue weighted by Crippen LogP contribution is -2.30. The van der Waals surface area contributed by atoms with Crippen LogP contribution in [0.3, 0.4) is 0 Å². The van der Waals surface area contributed by atoms with Crippen LogP contribution in [0, 0.1) is 6.92 Å². The molecular formula is C21H27ClN2O3. The number of hydrogen-bond donors (Lipinski definition) is 0. The fourth-order valence-electron chi connectivity index (χ4n) is 2.80. The minimum absolute atomic E-state index is 0.0845. The monoisotopic (exact) mass is 390 g/mol. The summed E-state index contributed by atoms with van der Waals surface area (Å²) in [5.74, 6) is 1.72. The van der Waals surface area contributed by atoms with E-state index in [0.717, 1.165) is 24.4 Å². The highest BCUT2D eigenvalue weighted by Gasteiger charge is 2.15. The van der Waals surface area contributed by atoms with Crippen LogP contribution >= 0.6 is 11.6 Å². The van der Waals surface area contributed by atoms with Gasteiger partial charge in [0.2, 0.25) is 5.91 Å². The Balaban J connectivity index is 1.67. The number of unbranched alkanes of at least 4 members (excludes halogenated alkanes) is 1. The van der Waals surface area contributed by atoms with E-state index in [-0.39, 0.29) is 11.8 Å². The molecule has 6 heteroatoms. The zero-order chi connectivity index (χ0) is 19.8. The average molecular weight is 391 g/mol. The SMILES string of the molecule is Cc1ccc(CCC(=O)N(C)CCCCN(C)C(=O)c2ccccc2Cl)o1.